The molecule has 4 rings (SSSR count). The zero-order valence-electron chi connectivity index (χ0n) is 35.9. The largest absolute Gasteiger partial charge is 0.459 e. The Hall–Kier alpha value is -1.62. The standard InChI is InChI=1S/C41H74N2O12/c1-15-29-41(12,48)33(44)23(5)17-16-22(4)19-39(10,47)35(55-37-32-28(18-24(6)50-37)43(13)38(54-32)42-21(2)3)25(7)31(26(8)36(46)52-29)53-30-20-40(11,49-14)34(45)27(9)51-30/h21-35,37,44-45,47-48H,15-20H2,1-14H3/t22-,23-,24+,25-,26+,27-,28-,29+,30-,31-,32+,33+,34?,35+,37-,39+,40+,41+/m0/s1. The molecule has 0 aromatic rings. The van der Waals surface area contributed by atoms with Gasteiger partial charge in [0.05, 0.1) is 53.7 Å². The molecule has 0 amide bonds. The van der Waals surface area contributed by atoms with E-state index in [-0.39, 0.29) is 42.9 Å². The molecule has 18 atom stereocenters. The van der Waals surface area contributed by atoms with E-state index in [1.165, 1.54) is 14.0 Å². The van der Waals surface area contributed by atoms with Gasteiger partial charge in [0.2, 0.25) is 0 Å². The molecule has 4 fully saturated rings. The second-order valence-electron chi connectivity index (χ2n) is 18.3. The summed E-state index contributed by atoms with van der Waals surface area (Å²) in [4.78, 5) is 21.0. The molecule has 14 nitrogen and oxygen atoms in total. The summed E-state index contributed by atoms with van der Waals surface area (Å²) >= 11 is 0. The Morgan fingerprint density at radius 1 is 0.945 bits per heavy atom. The zero-order valence-corrected chi connectivity index (χ0v) is 35.9. The number of carbonyl (C=O) groups is 1. The number of aliphatic hydroxyl groups is 4. The lowest BCUT2D eigenvalue weighted by molar-refractivity contribution is -0.313. The quantitative estimate of drug-likeness (QED) is 0.271. The third-order valence-corrected chi connectivity index (χ3v) is 12.8. The van der Waals surface area contributed by atoms with Crippen molar-refractivity contribution in [2.24, 2.45) is 28.7 Å². The average molecular weight is 787 g/mol. The summed E-state index contributed by atoms with van der Waals surface area (Å²) in [5.41, 5.74) is -4.23. The molecule has 4 heterocycles. The molecule has 0 spiro atoms. The molecular formula is C41H74N2O12. The minimum absolute atomic E-state index is 0.00568. The van der Waals surface area contributed by atoms with Gasteiger partial charge in [-0.1, -0.05) is 34.1 Å². The Balaban J connectivity index is 1.81. The molecule has 14 heteroatoms. The second kappa shape index (κ2) is 18.1. The molecule has 4 aliphatic rings. The highest BCUT2D eigenvalue weighted by atomic mass is 16.7. The van der Waals surface area contributed by atoms with E-state index in [2.05, 4.69) is 6.92 Å². The molecule has 4 aliphatic heterocycles. The van der Waals surface area contributed by atoms with Crippen molar-refractivity contribution in [1.29, 1.82) is 0 Å². The van der Waals surface area contributed by atoms with Crippen molar-refractivity contribution >= 4 is 12.0 Å². The van der Waals surface area contributed by atoms with Gasteiger partial charge in [-0.05, 0) is 92.9 Å². The molecule has 0 aromatic heterocycles. The summed E-state index contributed by atoms with van der Waals surface area (Å²) in [7, 11) is 3.48. The van der Waals surface area contributed by atoms with Crippen molar-refractivity contribution in [3.63, 3.8) is 0 Å². The fourth-order valence-corrected chi connectivity index (χ4v) is 9.34. The molecular weight excluding hydrogens is 712 g/mol. The highest BCUT2D eigenvalue weighted by molar-refractivity contribution is 5.76. The van der Waals surface area contributed by atoms with E-state index in [4.69, 9.17) is 38.2 Å². The van der Waals surface area contributed by atoms with Gasteiger partial charge in [0.25, 0.3) is 6.02 Å². The van der Waals surface area contributed by atoms with Gasteiger partial charge in [-0.2, -0.15) is 0 Å². The lowest BCUT2D eigenvalue weighted by Gasteiger charge is -2.48. The van der Waals surface area contributed by atoms with Gasteiger partial charge in [-0.3, -0.25) is 4.79 Å². The number of fused-ring (bicyclic) bond motifs is 1. The molecule has 0 aliphatic carbocycles. The fraction of sp³-hybridized carbons (Fsp3) is 0.951. The summed E-state index contributed by atoms with van der Waals surface area (Å²) in [6.45, 7) is 22.0. The van der Waals surface area contributed by atoms with Crippen LogP contribution in [0.4, 0.5) is 0 Å². The number of aliphatic imine (C=N–C) groups is 1. The van der Waals surface area contributed by atoms with Crippen LogP contribution in [0.15, 0.2) is 4.99 Å². The summed E-state index contributed by atoms with van der Waals surface area (Å²) in [5.74, 6) is -2.68. The van der Waals surface area contributed by atoms with E-state index in [0.717, 1.165) is 0 Å². The van der Waals surface area contributed by atoms with Crippen molar-refractivity contribution < 1.29 is 58.4 Å². The van der Waals surface area contributed by atoms with Crippen LogP contribution in [0.1, 0.15) is 122 Å². The number of carbonyl (C=O) groups excluding carboxylic acids is 1. The van der Waals surface area contributed by atoms with Crippen LogP contribution in [-0.4, -0.2) is 142 Å². The fourth-order valence-electron chi connectivity index (χ4n) is 9.34. The Labute approximate surface area is 329 Å². The molecule has 320 valence electrons. The van der Waals surface area contributed by atoms with E-state index in [0.29, 0.717) is 31.7 Å². The number of amidine groups is 1. The molecule has 0 aromatic carbocycles. The van der Waals surface area contributed by atoms with E-state index in [1.54, 1.807) is 34.6 Å². The second-order valence-corrected chi connectivity index (χ2v) is 18.3. The number of hydrogen-bond acceptors (Lipinski definition) is 13. The van der Waals surface area contributed by atoms with Crippen LogP contribution in [0.2, 0.25) is 0 Å². The van der Waals surface area contributed by atoms with E-state index < -0.39 is 89.9 Å². The third-order valence-electron chi connectivity index (χ3n) is 12.8. The number of ether oxygens (including phenoxy) is 7. The summed E-state index contributed by atoms with van der Waals surface area (Å²) in [6, 6.07) is 0.427. The maximum atomic E-state index is 14.3. The first-order chi connectivity index (χ1) is 25.5. The van der Waals surface area contributed by atoms with Crippen LogP contribution in [0.3, 0.4) is 0 Å². The van der Waals surface area contributed by atoms with Crippen LogP contribution < -0.4 is 0 Å². The van der Waals surface area contributed by atoms with Crippen molar-refractivity contribution in [2.45, 2.75) is 212 Å². The van der Waals surface area contributed by atoms with Crippen molar-refractivity contribution in [3.05, 3.63) is 0 Å². The monoisotopic (exact) mass is 787 g/mol. The van der Waals surface area contributed by atoms with Gasteiger partial charge < -0.3 is 58.5 Å². The van der Waals surface area contributed by atoms with Crippen LogP contribution in [0, 0.1) is 23.7 Å². The van der Waals surface area contributed by atoms with Gasteiger partial charge in [-0.25, -0.2) is 4.99 Å². The Morgan fingerprint density at radius 3 is 2.20 bits per heavy atom. The number of esters is 1. The number of cyclic esters (lactones) is 1. The number of nitrogens with zero attached hydrogens (tertiary/aromatic N) is 2. The van der Waals surface area contributed by atoms with Crippen molar-refractivity contribution in [2.75, 3.05) is 14.2 Å². The number of aliphatic hydroxyl groups excluding tert-OH is 2. The van der Waals surface area contributed by atoms with Crippen molar-refractivity contribution in [3.8, 4) is 0 Å². The molecule has 0 bridgehead atoms. The molecule has 0 saturated carbocycles. The maximum Gasteiger partial charge on any atom is 0.311 e. The highest BCUT2D eigenvalue weighted by Crippen LogP contribution is 2.42. The smallest absolute Gasteiger partial charge is 0.311 e. The molecule has 4 N–H and O–H groups in total. The Kier molecular flexibility index (Phi) is 15.2. The van der Waals surface area contributed by atoms with E-state index in [1.807, 2.05) is 46.6 Å². The number of methoxy groups -OCH3 is 1. The first-order valence-electron chi connectivity index (χ1n) is 20.6. The topological polar surface area (TPSA) is 178 Å². The van der Waals surface area contributed by atoms with Crippen LogP contribution >= 0.6 is 0 Å². The van der Waals surface area contributed by atoms with Gasteiger partial charge in [0, 0.05) is 32.5 Å². The normalized spacial score (nSPS) is 48.9. The Morgan fingerprint density at radius 2 is 1.60 bits per heavy atom. The van der Waals surface area contributed by atoms with Gasteiger partial charge in [0.15, 0.2) is 18.7 Å². The van der Waals surface area contributed by atoms with Gasteiger partial charge in [-0.15, -0.1) is 0 Å². The summed E-state index contributed by atoms with van der Waals surface area (Å²) < 4.78 is 44.8. The van der Waals surface area contributed by atoms with E-state index >= 15 is 0 Å². The summed E-state index contributed by atoms with van der Waals surface area (Å²) in [6.07, 6.45) is -5.66. The third kappa shape index (κ3) is 10.2. The number of rotatable bonds is 7. The molecule has 4 saturated heterocycles. The zero-order chi connectivity index (χ0) is 41.4. The predicted octanol–water partition coefficient (Wildman–Crippen LogP) is 4.17. The van der Waals surface area contributed by atoms with E-state index in [9.17, 15) is 25.2 Å². The van der Waals surface area contributed by atoms with Crippen LogP contribution in [-0.2, 0) is 38.0 Å². The highest BCUT2D eigenvalue weighted by Gasteiger charge is 2.54. The minimum atomic E-state index is -1.73. The first-order valence-corrected chi connectivity index (χ1v) is 20.6. The molecule has 1 unspecified atom stereocenters. The van der Waals surface area contributed by atoms with Crippen LogP contribution in [0.5, 0.6) is 0 Å². The lowest BCUT2D eigenvalue weighted by atomic mass is 9.76. The molecule has 55 heavy (non-hydrogen) atoms. The van der Waals surface area contributed by atoms with Gasteiger partial charge >= 0.3 is 5.97 Å². The summed E-state index contributed by atoms with van der Waals surface area (Å²) in [5, 5.41) is 46.8. The van der Waals surface area contributed by atoms with Gasteiger partial charge in [0.1, 0.15) is 17.8 Å². The Bertz CT molecular complexity index is 1300. The minimum Gasteiger partial charge on any atom is -0.459 e. The van der Waals surface area contributed by atoms with Crippen molar-refractivity contribution in [1.82, 2.24) is 4.90 Å². The number of likely N-dealkylation sites (N-methyl/N-ethyl adjacent to an activating group) is 1. The number of hydrogen-bond donors (Lipinski definition) is 4. The van der Waals surface area contributed by atoms with Crippen LogP contribution in [0.25, 0.3) is 0 Å². The maximum absolute atomic E-state index is 14.3. The predicted molar refractivity (Wildman–Crippen MR) is 206 cm³/mol. The first kappa shape index (κ1) is 46.1. The average Bonchev–Trinajstić information content (AvgIpc) is 3.41. The lowest BCUT2D eigenvalue weighted by Crippen LogP contribution is -2.60. The SMILES string of the molecule is CC[C@H]1OC(=O)[C@H](C)[C@@H](O[C@H]2C[C@@](C)(OC)C(O)[C@H](C)O2)[C@H](C)[C@@H](O[C@@H]2O[C@H](C)C[C@H]3[C@H]2OC(=NC(C)C)N3C)[C@](C)(O)C[C@@H](C)CC[C@H](C)[C@@H](O)[C@]1(C)O. The molecule has 0 radical (unpaired) electrons.